The second-order valence-corrected chi connectivity index (χ2v) is 6.43. The summed E-state index contributed by atoms with van der Waals surface area (Å²) in [6.45, 7) is 4.46. The van der Waals surface area contributed by atoms with Gasteiger partial charge in [-0.1, -0.05) is 6.42 Å². The van der Waals surface area contributed by atoms with Crippen LogP contribution >= 0.6 is 0 Å². The Labute approximate surface area is 149 Å². The van der Waals surface area contributed by atoms with Crippen molar-refractivity contribution >= 4 is 17.6 Å². The van der Waals surface area contributed by atoms with E-state index in [4.69, 9.17) is 4.74 Å². The molecule has 0 radical (unpaired) electrons. The molecule has 0 atom stereocenters. The first kappa shape index (κ1) is 19.2. The van der Waals surface area contributed by atoms with Crippen LogP contribution in [0.4, 0.5) is 5.69 Å². The minimum atomic E-state index is -0.164. The second kappa shape index (κ2) is 9.98. The monoisotopic (exact) mass is 347 g/mol. The molecule has 0 bridgehead atoms. The van der Waals surface area contributed by atoms with Gasteiger partial charge >= 0.3 is 0 Å². The van der Waals surface area contributed by atoms with Crippen LogP contribution in [0, 0.1) is 5.41 Å². The Balaban J connectivity index is 1.84. The van der Waals surface area contributed by atoms with E-state index in [-0.39, 0.29) is 12.5 Å². The van der Waals surface area contributed by atoms with Crippen LogP contribution in [0.3, 0.4) is 0 Å². The smallest absolute Gasteiger partial charge is 0.246 e. The number of pyridine rings is 1. The number of methoxy groups -OCH3 is 1. The number of ether oxygens (including phenoxy) is 1. The first-order valence-electron chi connectivity index (χ1n) is 8.88. The van der Waals surface area contributed by atoms with Crippen molar-refractivity contribution in [3.05, 3.63) is 24.5 Å². The molecule has 1 aliphatic carbocycles. The highest BCUT2D eigenvalue weighted by Crippen LogP contribution is 2.43. The van der Waals surface area contributed by atoms with Gasteiger partial charge in [-0.25, -0.2) is 4.99 Å². The van der Waals surface area contributed by atoms with Crippen molar-refractivity contribution < 1.29 is 9.53 Å². The molecule has 0 unspecified atom stereocenters. The number of carbonyl (C=O) groups is 1. The highest BCUT2D eigenvalue weighted by atomic mass is 16.5. The molecule has 2 rings (SSSR count). The summed E-state index contributed by atoms with van der Waals surface area (Å²) >= 11 is 0. The van der Waals surface area contributed by atoms with Crippen LogP contribution in [0.15, 0.2) is 29.5 Å². The van der Waals surface area contributed by atoms with Crippen LogP contribution in [0.1, 0.15) is 32.6 Å². The lowest BCUT2D eigenvalue weighted by molar-refractivity contribution is -0.114. The van der Waals surface area contributed by atoms with E-state index in [0.717, 1.165) is 26.1 Å². The first-order valence-corrected chi connectivity index (χ1v) is 8.88. The number of nitrogens with zero attached hydrogens (tertiary/aromatic N) is 2. The molecule has 1 amide bonds. The summed E-state index contributed by atoms with van der Waals surface area (Å²) in [4.78, 5) is 20.4. The van der Waals surface area contributed by atoms with Gasteiger partial charge in [0.15, 0.2) is 5.96 Å². The van der Waals surface area contributed by atoms with Crippen LogP contribution in [0.25, 0.3) is 0 Å². The Hall–Kier alpha value is -2.15. The minimum Gasteiger partial charge on any atom is -0.385 e. The van der Waals surface area contributed by atoms with E-state index in [1.54, 1.807) is 31.6 Å². The molecule has 0 aromatic carbocycles. The van der Waals surface area contributed by atoms with Crippen LogP contribution in [-0.4, -0.2) is 50.2 Å². The quantitative estimate of drug-likeness (QED) is 0.468. The number of hydrogen-bond acceptors (Lipinski definition) is 4. The molecule has 0 saturated heterocycles. The summed E-state index contributed by atoms with van der Waals surface area (Å²) in [7, 11) is 1.74. The lowest BCUT2D eigenvalue weighted by Gasteiger charge is -2.42. The van der Waals surface area contributed by atoms with Gasteiger partial charge < -0.3 is 20.7 Å². The zero-order valence-corrected chi connectivity index (χ0v) is 15.2. The van der Waals surface area contributed by atoms with Gasteiger partial charge in [0, 0.05) is 33.0 Å². The maximum absolute atomic E-state index is 12.0. The topological polar surface area (TPSA) is 87.6 Å². The summed E-state index contributed by atoms with van der Waals surface area (Å²) in [5, 5.41) is 9.36. The predicted molar refractivity (Wildman–Crippen MR) is 99.6 cm³/mol. The number of carbonyl (C=O) groups excluding carboxylic acids is 1. The molecule has 1 fully saturated rings. The third-order valence-corrected chi connectivity index (χ3v) is 4.55. The average Bonchev–Trinajstić information content (AvgIpc) is 2.59. The van der Waals surface area contributed by atoms with Gasteiger partial charge in [0.25, 0.3) is 0 Å². The Morgan fingerprint density at radius 3 is 2.84 bits per heavy atom. The van der Waals surface area contributed by atoms with E-state index in [2.05, 4.69) is 25.9 Å². The van der Waals surface area contributed by atoms with Gasteiger partial charge in [-0.05, 0) is 43.7 Å². The summed E-state index contributed by atoms with van der Waals surface area (Å²) in [6.07, 6.45) is 8.03. The van der Waals surface area contributed by atoms with Crippen molar-refractivity contribution in [2.45, 2.75) is 32.6 Å². The lowest BCUT2D eigenvalue weighted by atomic mass is 9.67. The molecule has 1 aliphatic rings. The molecule has 138 valence electrons. The molecular formula is C18H29N5O2. The summed E-state index contributed by atoms with van der Waals surface area (Å²) in [5.74, 6) is 0.510. The average molecular weight is 347 g/mol. The highest BCUT2D eigenvalue weighted by molar-refractivity contribution is 5.93. The fourth-order valence-electron chi connectivity index (χ4n) is 2.91. The van der Waals surface area contributed by atoms with Crippen molar-refractivity contribution in [1.82, 2.24) is 15.6 Å². The molecule has 25 heavy (non-hydrogen) atoms. The maximum Gasteiger partial charge on any atom is 0.246 e. The number of aromatic nitrogens is 1. The van der Waals surface area contributed by atoms with Crippen LogP contribution in [0.2, 0.25) is 0 Å². The van der Waals surface area contributed by atoms with Gasteiger partial charge in [0.2, 0.25) is 5.91 Å². The fourth-order valence-corrected chi connectivity index (χ4v) is 2.91. The van der Waals surface area contributed by atoms with E-state index >= 15 is 0 Å². The van der Waals surface area contributed by atoms with E-state index < -0.39 is 0 Å². The highest BCUT2D eigenvalue weighted by Gasteiger charge is 2.36. The molecule has 0 aliphatic heterocycles. The standard InChI is InChI=1S/C18H29N5O2/c1-3-20-17(22-14-18(7-5-8-18)9-11-25-2)21-13-16(24)23-15-6-4-10-19-12-15/h4,6,10,12H,3,5,7-9,11,13-14H2,1-2H3,(H,23,24)(H2,20,21,22). The molecule has 0 spiro atoms. The zero-order valence-electron chi connectivity index (χ0n) is 15.2. The molecule has 3 N–H and O–H groups in total. The Kier molecular flexibility index (Phi) is 7.66. The first-order chi connectivity index (χ1) is 12.2. The minimum absolute atomic E-state index is 0.0648. The third kappa shape index (κ3) is 6.34. The number of anilines is 1. The van der Waals surface area contributed by atoms with Crippen molar-refractivity contribution in [3.8, 4) is 0 Å². The number of aliphatic imine (C=N–C) groups is 1. The molecule has 1 heterocycles. The molecular weight excluding hydrogens is 318 g/mol. The fraction of sp³-hybridized carbons (Fsp3) is 0.611. The lowest BCUT2D eigenvalue weighted by Crippen LogP contribution is -2.47. The van der Waals surface area contributed by atoms with Crippen LogP contribution in [-0.2, 0) is 9.53 Å². The number of amides is 1. The van der Waals surface area contributed by atoms with Gasteiger partial charge in [0.1, 0.15) is 6.54 Å². The van der Waals surface area contributed by atoms with Gasteiger partial charge in [0.05, 0.1) is 11.9 Å². The van der Waals surface area contributed by atoms with Crippen molar-refractivity contribution in [1.29, 1.82) is 0 Å². The summed E-state index contributed by atoms with van der Waals surface area (Å²) in [5.41, 5.74) is 0.970. The number of guanidine groups is 1. The van der Waals surface area contributed by atoms with E-state index in [1.807, 2.05) is 6.92 Å². The molecule has 7 heteroatoms. The molecule has 1 saturated carbocycles. The molecule has 1 aromatic rings. The Bertz CT molecular complexity index is 558. The normalized spacial score (nSPS) is 16.0. The summed E-state index contributed by atoms with van der Waals surface area (Å²) in [6, 6.07) is 3.58. The Morgan fingerprint density at radius 1 is 1.40 bits per heavy atom. The number of rotatable bonds is 9. The van der Waals surface area contributed by atoms with Gasteiger partial charge in [-0.15, -0.1) is 0 Å². The van der Waals surface area contributed by atoms with Gasteiger partial charge in [-0.2, -0.15) is 0 Å². The SMILES string of the molecule is CCNC(=NCC(=O)Nc1cccnc1)NCC1(CCOC)CCC1. The second-order valence-electron chi connectivity index (χ2n) is 6.43. The maximum atomic E-state index is 12.0. The van der Waals surface area contributed by atoms with Crippen molar-refractivity contribution in [3.63, 3.8) is 0 Å². The van der Waals surface area contributed by atoms with Crippen LogP contribution < -0.4 is 16.0 Å². The van der Waals surface area contributed by atoms with E-state index in [1.165, 1.54) is 19.3 Å². The number of hydrogen-bond donors (Lipinski definition) is 3. The molecule has 7 nitrogen and oxygen atoms in total. The van der Waals surface area contributed by atoms with Crippen molar-refractivity contribution in [2.24, 2.45) is 10.4 Å². The molecule has 1 aromatic heterocycles. The largest absolute Gasteiger partial charge is 0.385 e. The van der Waals surface area contributed by atoms with Crippen LogP contribution in [0.5, 0.6) is 0 Å². The summed E-state index contributed by atoms with van der Waals surface area (Å²) < 4.78 is 5.23. The number of nitrogens with one attached hydrogen (secondary N) is 3. The van der Waals surface area contributed by atoms with Crippen molar-refractivity contribution in [2.75, 3.05) is 38.7 Å². The third-order valence-electron chi connectivity index (χ3n) is 4.55. The zero-order chi connectivity index (χ0) is 18.0. The van der Waals surface area contributed by atoms with Gasteiger partial charge in [-0.3, -0.25) is 9.78 Å². The predicted octanol–water partition coefficient (Wildman–Crippen LogP) is 1.78. The van der Waals surface area contributed by atoms with E-state index in [0.29, 0.717) is 17.1 Å². The van der Waals surface area contributed by atoms with E-state index in [9.17, 15) is 4.79 Å². The Morgan fingerprint density at radius 2 is 2.24 bits per heavy atom.